The number of ether oxygens (including phenoxy) is 1. The molecule has 0 unspecified atom stereocenters. The molecular weight excluding hydrogens is 264 g/mol. The Hall–Kier alpha value is -0.840. The summed E-state index contributed by atoms with van der Waals surface area (Å²) in [6, 6.07) is 3.43. The molecule has 0 saturated heterocycles. The van der Waals surface area contributed by atoms with Gasteiger partial charge in [-0.25, -0.2) is 0 Å². The van der Waals surface area contributed by atoms with Crippen molar-refractivity contribution in [3.05, 3.63) is 23.7 Å². The molecule has 4 nitrogen and oxygen atoms in total. The summed E-state index contributed by atoms with van der Waals surface area (Å²) in [4.78, 5) is 2.49. The van der Waals surface area contributed by atoms with Crippen LogP contribution in [0, 0.1) is 0 Å². The van der Waals surface area contributed by atoms with E-state index >= 15 is 0 Å². The summed E-state index contributed by atoms with van der Waals surface area (Å²) in [7, 11) is 1.77. The van der Waals surface area contributed by atoms with Gasteiger partial charge in [-0.15, -0.1) is 0 Å². The van der Waals surface area contributed by atoms with E-state index in [1.54, 1.807) is 7.11 Å². The van der Waals surface area contributed by atoms with E-state index in [0.717, 1.165) is 50.9 Å². The van der Waals surface area contributed by atoms with Crippen molar-refractivity contribution in [3.8, 4) is 0 Å². The van der Waals surface area contributed by atoms with Crippen LogP contribution in [0.15, 0.2) is 16.7 Å². The van der Waals surface area contributed by atoms with Gasteiger partial charge in [0.1, 0.15) is 5.76 Å². The molecule has 1 N–H and O–H groups in total. The van der Waals surface area contributed by atoms with E-state index in [-0.39, 0.29) is 0 Å². The second kappa shape index (κ2) is 8.57. The molecule has 0 aromatic carbocycles. The quantitative estimate of drug-likeness (QED) is 0.680. The fraction of sp³-hybridized carbons (Fsp3) is 0.765. The number of nitrogens with zero attached hydrogens (tertiary/aromatic N) is 1. The van der Waals surface area contributed by atoms with E-state index in [0.29, 0.717) is 6.04 Å². The number of nitrogens with one attached hydrogen (secondary N) is 1. The Kier molecular flexibility index (Phi) is 6.74. The first-order valence-corrected chi connectivity index (χ1v) is 8.30. The first-order valence-electron chi connectivity index (χ1n) is 8.30. The Labute approximate surface area is 128 Å². The van der Waals surface area contributed by atoms with Crippen molar-refractivity contribution in [2.24, 2.45) is 0 Å². The van der Waals surface area contributed by atoms with Crippen molar-refractivity contribution in [1.82, 2.24) is 10.2 Å². The highest BCUT2D eigenvalue weighted by molar-refractivity contribution is 5.17. The van der Waals surface area contributed by atoms with Crippen LogP contribution in [-0.4, -0.2) is 37.2 Å². The second-order valence-electron chi connectivity index (χ2n) is 5.96. The van der Waals surface area contributed by atoms with Crippen molar-refractivity contribution in [2.45, 2.75) is 64.7 Å². The van der Waals surface area contributed by atoms with Gasteiger partial charge in [0.25, 0.3) is 0 Å². The maximum absolute atomic E-state index is 5.74. The molecule has 0 spiro atoms. The van der Waals surface area contributed by atoms with Gasteiger partial charge in [-0.1, -0.05) is 13.8 Å². The van der Waals surface area contributed by atoms with Gasteiger partial charge in [0.05, 0.1) is 19.4 Å². The first kappa shape index (κ1) is 16.5. The van der Waals surface area contributed by atoms with E-state index in [1.165, 1.54) is 18.4 Å². The van der Waals surface area contributed by atoms with Crippen molar-refractivity contribution in [1.29, 1.82) is 0 Å². The highest BCUT2D eigenvalue weighted by Gasteiger charge is 2.22. The van der Waals surface area contributed by atoms with Gasteiger partial charge < -0.3 is 14.5 Å². The Morgan fingerprint density at radius 1 is 1.38 bits per heavy atom. The first-order chi connectivity index (χ1) is 10.3. The van der Waals surface area contributed by atoms with Crippen LogP contribution in [0.25, 0.3) is 0 Å². The van der Waals surface area contributed by atoms with Crippen LogP contribution in [0.1, 0.15) is 50.9 Å². The molecule has 0 radical (unpaired) electrons. The molecule has 120 valence electrons. The number of hydrogen-bond donors (Lipinski definition) is 1. The van der Waals surface area contributed by atoms with Gasteiger partial charge in [0.15, 0.2) is 0 Å². The van der Waals surface area contributed by atoms with Gasteiger partial charge in [0, 0.05) is 37.8 Å². The molecule has 1 saturated carbocycles. The maximum Gasteiger partial charge on any atom is 0.122 e. The topological polar surface area (TPSA) is 37.6 Å². The summed E-state index contributed by atoms with van der Waals surface area (Å²) in [5, 5.41) is 3.57. The van der Waals surface area contributed by atoms with Crippen LogP contribution in [0.4, 0.5) is 0 Å². The molecule has 21 heavy (non-hydrogen) atoms. The SMILES string of the molecule is CCC(CC)N(CCOC)Cc1occc1CNC1CC1. The Morgan fingerprint density at radius 2 is 2.14 bits per heavy atom. The zero-order valence-corrected chi connectivity index (χ0v) is 13.7. The Bertz CT molecular complexity index is 397. The molecule has 1 aliphatic rings. The highest BCUT2D eigenvalue weighted by Crippen LogP contribution is 2.21. The summed E-state index contributed by atoms with van der Waals surface area (Å²) in [5.74, 6) is 1.10. The van der Waals surface area contributed by atoms with Crippen molar-refractivity contribution < 1.29 is 9.15 Å². The molecule has 1 fully saturated rings. The standard InChI is InChI=1S/C17H30N2O2/c1-4-16(5-2)19(9-11-20-3)13-17-14(8-10-21-17)12-18-15-6-7-15/h8,10,15-16,18H,4-7,9,11-13H2,1-3H3. The van der Waals surface area contributed by atoms with E-state index in [9.17, 15) is 0 Å². The molecule has 0 bridgehead atoms. The number of hydrogen-bond acceptors (Lipinski definition) is 4. The zero-order chi connectivity index (χ0) is 15.1. The van der Waals surface area contributed by atoms with E-state index in [2.05, 4.69) is 30.1 Å². The average Bonchev–Trinajstić information content (AvgIpc) is 3.23. The average molecular weight is 294 g/mol. The maximum atomic E-state index is 5.74. The van der Waals surface area contributed by atoms with Crippen LogP contribution in [0.2, 0.25) is 0 Å². The number of rotatable bonds is 11. The Balaban J connectivity index is 1.95. The lowest BCUT2D eigenvalue weighted by molar-refractivity contribution is 0.104. The molecule has 1 heterocycles. The van der Waals surface area contributed by atoms with Gasteiger partial charge in [-0.3, -0.25) is 4.90 Å². The highest BCUT2D eigenvalue weighted by atomic mass is 16.5. The van der Waals surface area contributed by atoms with Gasteiger partial charge in [0.2, 0.25) is 0 Å². The lowest BCUT2D eigenvalue weighted by Crippen LogP contribution is -2.36. The predicted octanol–water partition coefficient (Wildman–Crippen LogP) is 3.17. The third kappa shape index (κ3) is 5.13. The van der Waals surface area contributed by atoms with E-state index in [4.69, 9.17) is 9.15 Å². The lowest BCUT2D eigenvalue weighted by atomic mass is 10.1. The van der Waals surface area contributed by atoms with Crippen LogP contribution < -0.4 is 5.32 Å². The van der Waals surface area contributed by atoms with Crippen LogP contribution in [0.3, 0.4) is 0 Å². The molecular formula is C17H30N2O2. The molecule has 0 amide bonds. The molecule has 0 atom stereocenters. The Morgan fingerprint density at radius 3 is 2.76 bits per heavy atom. The number of methoxy groups -OCH3 is 1. The minimum atomic E-state index is 0.592. The second-order valence-corrected chi connectivity index (χ2v) is 5.96. The molecule has 0 aliphatic heterocycles. The molecule has 4 heteroatoms. The van der Waals surface area contributed by atoms with Crippen LogP contribution >= 0.6 is 0 Å². The normalized spacial score (nSPS) is 15.3. The minimum absolute atomic E-state index is 0.592. The van der Waals surface area contributed by atoms with Crippen LogP contribution in [-0.2, 0) is 17.8 Å². The summed E-state index contributed by atoms with van der Waals surface area (Å²) in [6.07, 6.45) is 6.79. The fourth-order valence-electron chi connectivity index (χ4n) is 2.79. The largest absolute Gasteiger partial charge is 0.468 e. The lowest BCUT2D eigenvalue weighted by Gasteiger charge is -2.29. The molecule has 1 aromatic heterocycles. The van der Waals surface area contributed by atoms with Crippen molar-refractivity contribution >= 4 is 0 Å². The summed E-state index contributed by atoms with van der Waals surface area (Å²) in [5.41, 5.74) is 1.30. The van der Waals surface area contributed by atoms with E-state index < -0.39 is 0 Å². The summed E-state index contributed by atoms with van der Waals surface area (Å²) >= 11 is 0. The predicted molar refractivity (Wildman–Crippen MR) is 85.2 cm³/mol. The van der Waals surface area contributed by atoms with Crippen molar-refractivity contribution in [3.63, 3.8) is 0 Å². The third-order valence-electron chi connectivity index (χ3n) is 4.38. The number of furan rings is 1. The summed E-state index contributed by atoms with van der Waals surface area (Å²) < 4.78 is 11.0. The molecule has 1 aliphatic carbocycles. The van der Waals surface area contributed by atoms with Crippen molar-refractivity contribution in [2.75, 3.05) is 20.3 Å². The van der Waals surface area contributed by atoms with Gasteiger partial charge >= 0.3 is 0 Å². The van der Waals surface area contributed by atoms with E-state index in [1.807, 2.05) is 6.26 Å². The smallest absolute Gasteiger partial charge is 0.122 e. The summed E-state index contributed by atoms with van der Waals surface area (Å²) in [6.45, 7) is 8.05. The monoisotopic (exact) mass is 294 g/mol. The molecule has 1 aromatic rings. The zero-order valence-electron chi connectivity index (χ0n) is 13.7. The fourth-order valence-corrected chi connectivity index (χ4v) is 2.79. The van der Waals surface area contributed by atoms with Gasteiger partial charge in [-0.05, 0) is 31.7 Å². The molecule has 2 rings (SSSR count). The third-order valence-corrected chi connectivity index (χ3v) is 4.38. The van der Waals surface area contributed by atoms with Gasteiger partial charge in [-0.2, -0.15) is 0 Å². The minimum Gasteiger partial charge on any atom is -0.468 e. The van der Waals surface area contributed by atoms with Crippen LogP contribution in [0.5, 0.6) is 0 Å².